The molecule has 1 saturated heterocycles. The first-order chi connectivity index (χ1) is 12.6. The average Bonchev–Trinajstić information content (AvgIpc) is 2.96. The summed E-state index contributed by atoms with van der Waals surface area (Å²) in [4.78, 5) is 11.9. The van der Waals surface area contributed by atoms with E-state index in [9.17, 15) is 20.1 Å². The van der Waals surface area contributed by atoms with Gasteiger partial charge in [-0.3, -0.25) is 4.79 Å². The van der Waals surface area contributed by atoms with E-state index in [4.69, 9.17) is 9.47 Å². The van der Waals surface area contributed by atoms with Crippen molar-refractivity contribution in [1.82, 2.24) is 0 Å². The van der Waals surface area contributed by atoms with Crippen molar-refractivity contribution >= 4 is 5.97 Å². The molecule has 1 fully saturated rings. The Bertz CT molecular complexity index is 362. The highest BCUT2D eigenvalue weighted by molar-refractivity contribution is 5.69. The molecular weight excluding hydrogens is 336 g/mol. The zero-order valence-corrected chi connectivity index (χ0v) is 16.3. The van der Waals surface area contributed by atoms with Gasteiger partial charge in [-0.25, -0.2) is 0 Å². The Labute approximate surface area is 157 Å². The molecule has 1 heterocycles. The van der Waals surface area contributed by atoms with Gasteiger partial charge in [-0.1, -0.05) is 71.1 Å². The molecule has 4 atom stereocenters. The number of ether oxygens (including phenoxy) is 2. The summed E-state index contributed by atoms with van der Waals surface area (Å²) >= 11 is 0. The van der Waals surface area contributed by atoms with Crippen LogP contribution in [-0.2, 0) is 14.3 Å². The number of unbranched alkanes of at least 4 members (excludes halogenated alkanes) is 10. The van der Waals surface area contributed by atoms with Crippen LogP contribution in [0, 0.1) is 0 Å². The third-order valence-corrected chi connectivity index (χ3v) is 5.00. The second kappa shape index (κ2) is 14.4. The van der Waals surface area contributed by atoms with Crippen LogP contribution in [0.15, 0.2) is 0 Å². The third kappa shape index (κ3) is 9.31. The van der Waals surface area contributed by atoms with E-state index in [1.165, 1.54) is 51.4 Å². The number of hydrogen-bond donors (Lipinski definition) is 3. The van der Waals surface area contributed by atoms with Crippen LogP contribution in [0.2, 0.25) is 0 Å². The van der Waals surface area contributed by atoms with Crippen molar-refractivity contribution in [3.63, 3.8) is 0 Å². The fourth-order valence-corrected chi connectivity index (χ4v) is 3.32. The molecule has 0 aromatic rings. The van der Waals surface area contributed by atoms with Crippen molar-refractivity contribution in [3.05, 3.63) is 0 Å². The number of rotatable bonds is 15. The molecular formula is C20H38O6. The number of carbonyl (C=O) groups is 1. The van der Waals surface area contributed by atoms with Crippen molar-refractivity contribution in [1.29, 1.82) is 0 Å². The van der Waals surface area contributed by atoms with Gasteiger partial charge < -0.3 is 24.8 Å². The fraction of sp³-hybridized carbons (Fsp3) is 0.950. The molecule has 0 aromatic heterocycles. The number of carbonyl (C=O) groups excluding carboxylic acids is 1. The van der Waals surface area contributed by atoms with Crippen LogP contribution in [0.3, 0.4) is 0 Å². The zero-order valence-electron chi connectivity index (χ0n) is 16.3. The topological polar surface area (TPSA) is 96.2 Å². The van der Waals surface area contributed by atoms with Gasteiger partial charge in [0.1, 0.15) is 18.3 Å². The zero-order chi connectivity index (χ0) is 19.2. The van der Waals surface area contributed by atoms with E-state index >= 15 is 0 Å². The second-order valence-electron chi connectivity index (χ2n) is 7.35. The van der Waals surface area contributed by atoms with Crippen LogP contribution in [-0.4, -0.2) is 58.9 Å². The lowest BCUT2D eigenvalue weighted by Crippen LogP contribution is -2.43. The maximum Gasteiger partial charge on any atom is 0.306 e. The van der Waals surface area contributed by atoms with E-state index in [2.05, 4.69) is 6.92 Å². The molecule has 0 radical (unpaired) electrons. The molecule has 6 nitrogen and oxygen atoms in total. The first kappa shape index (κ1) is 23.3. The van der Waals surface area contributed by atoms with Crippen LogP contribution < -0.4 is 0 Å². The first-order valence-electron chi connectivity index (χ1n) is 10.4. The van der Waals surface area contributed by atoms with Crippen LogP contribution >= 0.6 is 0 Å². The molecule has 0 spiro atoms. The van der Waals surface area contributed by atoms with Gasteiger partial charge in [0.2, 0.25) is 0 Å². The highest BCUT2D eigenvalue weighted by Gasteiger charge is 2.41. The fourth-order valence-electron chi connectivity index (χ4n) is 3.32. The van der Waals surface area contributed by atoms with Gasteiger partial charge in [-0.15, -0.1) is 0 Å². The molecule has 0 aliphatic carbocycles. The number of hydrogen-bond acceptors (Lipinski definition) is 6. The molecule has 0 bridgehead atoms. The summed E-state index contributed by atoms with van der Waals surface area (Å²) in [6.45, 7) is 1.78. The number of esters is 1. The lowest BCUT2D eigenvalue weighted by molar-refractivity contribution is -0.162. The Morgan fingerprint density at radius 2 is 1.54 bits per heavy atom. The van der Waals surface area contributed by atoms with Crippen LogP contribution in [0.5, 0.6) is 0 Å². The Hall–Kier alpha value is -0.690. The Morgan fingerprint density at radius 1 is 1.00 bits per heavy atom. The van der Waals surface area contributed by atoms with Crippen molar-refractivity contribution in [2.45, 2.75) is 108 Å². The van der Waals surface area contributed by atoms with E-state index in [1.807, 2.05) is 0 Å². The summed E-state index contributed by atoms with van der Waals surface area (Å²) in [6, 6.07) is 0. The van der Waals surface area contributed by atoms with Gasteiger partial charge in [-0.05, 0) is 6.42 Å². The van der Waals surface area contributed by atoms with Gasteiger partial charge in [0, 0.05) is 6.42 Å². The molecule has 0 amide bonds. The Morgan fingerprint density at radius 3 is 2.00 bits per heavy atom. The smallest absolute Gasteiger partial charge is 0.306 e. The first-order valence-corrected chi connectivity index (χ1v) is 10.4. The van der Waals surface area contributed by atoms with E-state index in [-0.39, 0.29) is 6.61 Å². The van der Waals surface area contributed by atoms with Gasteiger partial charge in [0.15, 0.2) is 6.10 Å². The average molecular weight is 375 g/mol. The largest absolute Gasteiger partial charge is 0.457 e. The van der Waals surface area contributed by atoms with E-state index in [0.29, 0.717) is 6.42 Å². The predicted octanol–water partition coefficient (Wildman–Crippen LogP) is 2.71. The maximum absolute atomic E-state index is 11.9. The summed E-state index contributed by atoms with van der Waals surface area (Å²) < 4.78 is 10.4. The van der Waals surface area contributed by atoms with Gasteiger partial charge in [0.25, 0.3) is 0 Å². The molecule has 26 heavy (non-hydrogen) atoms. The minimum Gasteiger partial charge on any atom is -0.457 e. The highest BCUT2D eigenvalue weighted by Crippen LogP contribution is 2.20. The molecule has 0 saturated carbocycles. The standard InChI is InChI=1S/C20H38O6/c1-2-3-4-5-6-7-8-9-10-11-12-13-18(23)26-17(14-21)20-19(24)16(22)15-25-20/h16-17,19-22,24H,2-15H2,1H3/t16-,17+,19+,20+/m0/s1. The Balaban J connectivity index is 2.01. The molecule has 0 aromatic carbocycles. The summed E-state index contributed by atoms with van der Waals surface area (Å²) in [5.74, 6) is -0.392. The number of aliphatic hydroxyl groups excluding tert-OH is 3. The van der Waals surface area contributed by atoms with Gasteiger partial charge >= 0.3 is 5.97 Å². The summed E-state index contributed by atoms with van der Waals surface area (Å²) in [5.41, 5.74) is 0. The highest BCUT2D eigenvalue weighted by atomic mass is 16.6. The molecule has 0 unspecified atom stereocenters. The van der Waals surface area contributed by atoms with E-state index in [1.54, 1.807) is 0 Å². The summed E-state index contributed by atoms with van der Waals surface area (Å²) in [6.07, 6.45) is 9.72. The molecule has 6 heteroatoms. The van der Waals surface area contributed by atoms with E-state index < -0.39 is 37.0 Å². The lowest BCUT2D eigenvalue weighted by atomic mass is 10.1. The quantitative estimate of drug-likeness (QED) is 0.301. The molecule has 3 N–H and O–H groups in total. The van der Waals surface area contributed by atoms with Crippen molar-refractivity contribution in [2.75, 3.05) is 13.2 Å². The Kier molecular flexibility index (Phi) is 12.9. The molecule has 1 aliphatic rings. The lowest BCUT2D eigenvalue weighted by Gasteiger charge is -2.24. The minimum atomic E-state index is -1.14. The van der Waals surface area contributed by atoms with E-state index in [0.717, 1.165) is 19.3 Å². The maximum atomic E-state index is 11.9. The van der Waals surface area contributed by atoms with Crippen molar-refractivity contribution < 1.29 is 29.6 Å². The van der Waals surface area contributed by atoms with Gasteiger partial charge in [0.05, 0.1) is 13.2 Å². The summed E-state index contributed by atoms with van der Waals surface area (Å²) in [5, 5.41) is 28.6. The SMILES string of the molecule is CCCCCCCCCCCCCC(=O)O[C@H](CO)[C@H]1OC[C@H](O)[C@H]1O. The van der Waals surface area contributed by atoms with Crippen LogP contribution in [0.4, 0.5) is 0 Å². The minimum absolute atomic E-state index is 0.0154. The van der Waals surface area contributed by atoms with Crippen molar-refractivity contribution in [2.24, 2.45) is 0 Å². The van der Waals surface area contributed by atoms with Crippen LogP contribution in [0.25, 0.3) is 0 Å². The van der Waals surface area contributed by atoms with Crippen LogP contribution in [0.1, 0.15) is 84.0 Å². The summed E-state index contributed by atoms with van der Waals surface area (Å²) in [7, 11) is 0. The van der Waals surface area contributed by atoms with Gasteiger partial charge in [-0.2, -0.15) is 0 Å². The normalized spacial score (nSPS) is 23.9. The predicted molar refractivity (Wildman–Crippen MR) is 99.8 cm³/mol. The molecule has 1 rings (SSSR count). The van der Waals surface area contributed by atoms with Crippen molar-refractivity contribution in [3.8, 4) is 0 Å². The third-order valence-electron chi connectivity index (χ3n) is 5.00. The second-order valence-corrected chi connectivity index (χ2v) is 7.35. The molecule has 1 aliphatic heterocycles. The molecule has 154 valence electrons. The monoisotopic (exact) mass is 374 g/mol. The number of aliphatic hydroxyl groups is 3.